The summed E-state index contributed by atoms with van der Waals surface area (Å²) in [6.07, 6.45) is -4.49. The molecule has 0 atom stereocenters. The number of amides is 2. The van der Waals surface area contributed by atoms with E-state index in [9.17, 15) is 18.0 Å². The summed E-state index contributed by atoms with van der Waals surface area (Å²) in [5, 5.41) is 7.88. The molecule has 0 saturated heterocycles. The van der Waals surface area contributed by atoms with Crippen molar-refractivity contribution >= 4 is 23.5 Å². The minimum absolute atomic E-state index is 0.0132. The fourth-order valence-electron chi connectivity index (χ4n) is 2.16. The highest BCUT2D eigenvalue weighted by atomic mass is 19.4. The van der Waals surface area contributed by atoms with Crippen LogP contribution in [-0.2, 0) is 6.18 Å². The number of likely N-dealkylation sites (N-methyl/N-ethyl adjacent to an activating group) is 1. The summed E-state index contributed by atoms with van der Waals surface area (Å²) >= 11 is 0. The highest BCUT2D eigenvalue weighted by molar-refractivity contribution is 5.98. The van der Waals surface area contributed by atoms with E-state index in [4.69, 9.17) is 0 Å². The Balaban J connectivity index is 2.02. The number of nitrogens with zero attached hydrogens (tertiary/aromatic N) is 3. The Labute approximate surface area is 155 Å². The Hall–Kier alpha value is -2.88. The molecule has 0 radical (unpaired) electrons. The number of urea groups is 1. The molecule has 0 unspecified atom stereocenters. The Morgan fingerprint density at radius 1 is 1.15 bits per heavy atom. The Morgan fingerprint density at radius 3 is 2.56 bits per heavy atom. The summed E-state index contributed by atoms with van der Waals surface area (Å²) in [6, 6.07) is 5.35. The number of halogens is 3. The van der Waals surface area contributed by atoms with Gasteiger partial charge in [0.2, 0.25) is 5.95 Å². The van der Waals surface area contributed by atoms with E-state index in [1.54, 1.807) is 13.0 Å². The highest BCUT2D eigenvalue weighted by Crippen LogP contribution is 2.30. The maximum atomic E-state index is 12.7. The minimum atomic E-state index is -4.49. The van der Waals surface area contributed by atoms with Crippen molar-refractivity contribution in [3.8, 4) is 0 Å². The molecule has 0 aliphatic rings. The van der Waals surface area contributed by atoms with Gasteiger partial charge in [-0.05, 0) is 39.2 Å². The zero-order valence-electron chi connectivity index (χ0n) is 15.2. The normalized spacial score (nSPS) is 11.4. The van der Waals surface area contributed by atoms with Crippen LogP contribution in [0.25, 0.3) is 0 Å². The van der Waals surface area contributed by atoms with Crippen LogP contribution in [0, 0.1) is 6.92 Å². The Morgan fingerprint density at radius 2 is 1.89 bits per heavy atom. The number of carbonyl (C=O) groups excluding carboxylic acids is 1. The van der Waals surface area contributed by atoms with Gasteiger partial charge < -0.3 is 15.5 Å². The number of nitrogens with one attached hydrogen (secondary N) is 3. The Bertz CT molecular complexity index is 794. The molecule has 1 heterocycles. The van der Waals surface area contributed by atoms with Gasteiger partial charge in [-0.25, -0.2) is 9.78 Å². The van der Waals surface area contributed by atoms with Crippen LogP contribution in [0.5, 0.6) is 0 Å². The molecule has 1 aromatic carbocycles. The number of hydrogen-bond donors (Lipinski definition) is 3. The second-order valence-electron chi connectivity index (χ2n) is 6.11. The molecule has 1 aromatic heterocycles. The second-order valence-corrected chi connectivity index (χ2v) is 6.11. The number of anilines is 3. The lowest BCUT2D eigenvalue weighted by Crippen LogP contribution is -2.23. The number of carbonyl (C=O) groups is 1. The minimum Gasteiger partial charge on any atom is -0.369 e. The average molecular weight is 382 g/mol. The summed E-state index contributed by atoms with van der Waals surface area (Å²) < 4.78 is 38.2. The van der Waals surface area contributed by atoms with Gasteiger partial charge in [-0.2, -0.15) is 18.2 Å². The van der Waals surface area contributed by atoms with Crippen molar-refractivity contribution in [3.63, 3.8) is 0 Å². The van der Waals surface area contributed by atoms with Crippen LogP contribution >= 0.6 is 0 Å². The highest BCUT2D eigenvalue weighted by Gasteiger charge is 2.30. The van der Waals surface area contributed by atoms with E-state index in [0.29, 0.717) is 18.1 Å². The molecule has 0 spiro atoms. The van der Waals surface area contributed by atoms with Crippen molar-refractivity contribution < 1.29 is 18.0 Å². The predicted molar refractivity (Wildman–Crippen MR) is 97.9 cm³/mol. The molecule has 10 heteroatoms. The summed E-state index contributed by atoms with van der Waals surface area (Å²) in [5.74, 6) is 0.588. The molecule has 3 N–H and O–H groups in total. The predicted octanol–water partition coefficient (Wildman–Crippen LogP) is 3.42. The summed E-state index contributed by atoms with van der Waals surface area (Å²) in [6.45, 7) is 3.19. The molecule has 0 fully saturated rings. The molecule has 2 rings (SSSR count). The van der Waals surface area contributed by atoms with Gasteiger partial charge in [0.15, 0.2) is 0 Å². The summed E-state index contributed by atoms with van der Waals surface area (Å²) in [4.78, 5) is 22.3. The number of aromatic nitrogens is 2. The fraction of sp³-hybridized carbons (Fsp3) is 0.353. The molecule has 7 nitrogen and oxygen atoms in total. The molecule has 2 aromatic rings. The van der Waals surface area contributed by atoms with E-state index in [1.165, 1.54) is 12.1 Å². The van der Waals surface area contributed by atoms with Crippen LogP contribution in [0.3, 0.4) is 0 Å². The summed E-state index contributed by atoms with van der Waals surface area (Å²) in [5.41, 5.74) is -0.203. The van der Waals surface area contributed by atoms with Crippen molar-refractivity contribution in [2.24, 2.45) is 0 Å². The zero-order valence-corrected chi connectivity index (χ0v) is 15.2. The van der Waals surface area contributed by atoms with Gasteiger partial charge >= 0.3 is 12.2 Å². The van der Waals surface area contributed by atoms with Crippen LogP contribution < -0.4 is 16.0 Å². The number of aryl methyl sites for hydroxylation is 1. The third-order valence-electron chi connectivity index (χ3n) is 3.39. The quantitative estimate of drug-likeness (QED) is 0.713. The topological polar surface area (TPSA) is 82.2 Å². The van der Waals surface area contributed by atoms with Crippen LogP contribution in [-0.4, -0.2) is 48.1 Å². The first kappa shape index (κ1) is 20.4. The number of benzene rings is 1. The van der Waals surface area contributed by atoms with Gasteiger partial charge in [-0.1, -0.05) is 6.07 Å². The standard InChI is InChI=1S/C17H21F3N6O/c1-11-9-14(21-7-8-26(2)3)24-15(22-11)25-16(27)23-13-6-4-5-12(10-13)17(18,19)20/h4-6,9-10H,7-8H2,1-3H3,(H3,21,22,23,24,25,27). The average Bonchev–Trinajstić information content (AvgIpc) is 2.53. The van der Waals surface area contributed by atoms with Crippen molar-refractivity contribution in [2.75, 3.05) is 43.1 Å². The van der Waals surface area contributed by atoms with Crippen LogP contribution in [0.4, 0.5) is 35.4 Å². The first-order chi connectivity index (χ1) is 12.6. The van der Waals surface area contributed by atoms with E-state index in [2.05, 4.69) is 25.9 Å². The van der Waals surface area contributed by atoms with Gasteiger partial charge in [-0.15, -0.1) is 0 Å². The van der Waals surface area contributed by atoms with Gasteiger partial charge in [0.1, 0.15) is 5.82 Å². The van der Waals surface area contributed by atoms with Gasteiger partial charge in [-0.3, -0.25) is 5.32 Å². The van der Waals surface area contributed by atoms with Crippen LogP contribution in [0.2, 0.25) is 0 Å². The Kier molecular flexibility index (Phi) is 6.56. The maximum absolute atomic E-state index is 12.7. The SMILES string of the molecule is Cc1cc(NCCN(C)C)nc(NC(=O)Nc2cccc(C(F)(F)F)c2)n1. The molecule has 0 bridgehead atoms. The zero-order chi connectivity index (χ0) is 20.0. The largest absolute Gasteiger partial charge is 0.416 e. The van der Waals surface area contributed by atoms with Crippen molar-refractivity contribution in [1.82, 2.24) is 14.9 Å². The van der Waals surface area contributed by atoms with Crippen molar-refractivity contribution in [2.45, 2.75) is 13.1 Å². The first-order valence-corrected chi connectivity index (χ1v) is 8.13. The number of rotatable bonds is 6. The second kappa shape index (κ2) is 8.67. The van der Waals surface area contributed by atoms with E-state index in [0.717, 1.165) is 18.7 Å². The third kappa shape index (κ3) is 6.74. The van der Waals surface area contributed by atoms with Crippen molar-refractivity contribution in [1.29, 1.82) is 0 Å². The lowest BCUT2D eigenvalue weighted by Gasteiger charge is -2.13. The van der Waals surface area contributed by atoms with Gasteiger partial charge in [0.25, 0.3) is 0 Å². The summed E-state index contributed by atoms with van der Waals surface area (Å²) in [7, 11) is 3.88. The molecule has 27 heavy (non-hydrogen) atoms. The molecular formula is C17H21F3N6O. The van der Waals surface area contributed by atoms with E-state index >= 15 is 0 Å². The number of hydrogen-bond acceptors (Lipinski definition) is 5. The monoisotopic (exact) mass is 382 g/mol. The molecular weight excluding hydrogens is 361 g/mol. The number of alkyl halides is 3. The van der Waals surface area contributed by atoms with E-state index < -0.39 is 17.8 Å². The third-order valence-corrected chi connectivity index (χ3v) is 3.39. The molecule has 2 amide bonds. The van der Waals surface area contributed by atoms with Crippen LogP contribution in [0.1, 0.15) is 11.3 Å². The molecule has 0 aliphatic carbocycles. The van der Waals surface area contributed by atoms with E-state index in [1.807, 2.05) is 19.0 Å². The maximum Gasteiger partial charge on any atom is 0.416 e. The van der Waals surface area contributed by atoms with Crippen molar-refractivity contribution in [3.05, 3.63) is 41.6 Å². The molecule has 146 valence electrons. The molecule has 0 aliphatic heterocycles. The van der Waals surface area contributed by atoms with Crippen LogP contribution in [0.15, 0.2) is 30.3 Å². The fourth-order valence-corrected chi connectivity index (χ4v) is 2.16. The first-order valence-electron chi connectivity index (χ1n) is 8.13. The van der Waals surface area contributed by atoms with Gasteiger partial charge in [0.05, 0.1) is 5.56 Å². The smallest absolute Gasteiger partial charge is 0.369 e. The lowest BCUT2D eigenvalue weighted by molar-refractivity contribution is -0.137. The van der Waals surface area contributed by atoms with Gasteiger partial charge in [0, 0.05) is 30.5 Å². The lowest BCUT2D eigenvalue weighted by atomic mass is 10.2. The van der Waals surface area contributed by atoms with E-state index in [-0.39, 0.29) is 11.6 Å². The molecule has 0 saturated carbocycles.